The van der Waals surface area contributed by atoms with Crippen LogP contribution in [0.5, 0.6) is 0 Å². The maximum atomic E-state index is 5.70. The summed E-state index contributed by atoms with van der Waals surface area (Å²) in [5, 5.41) is 0. The molecule has 0 bridgehead atoms. The van der Waals surface area contributed by atoms with E-state index in [9.17, 15) is 0 Å². The summed E-state index contributed by atoms with van der Waals surface area (Å²) < 4.78 is 0. The lowest BCUT2D eigenvalue weighted by Gasteiger charge is -2.23. The average Bonchev–Trinajstić information content (AvgIpc) is 2.95. The molecule has 1 fully saturated rings. The van der Waals surface area contributed by atoms with Crippen molar-refractivity contribution in [1.82, 2.24) is 4.90 Å². The predicted molar refractivity (Wildman–Crippen MR) is 62.3 cm³/mol. The van der Waals surface area contributed by atoms with E-state index in [1.54, 1.807) is 0 Å². The summed E-state index contributed by atoms with van der Waals surface area (Å²) in [5.41, 5.74) is 6.04. The predicted octanol–water partition coefficient (Wildman–Crippen LogP) is 2.24. The smallest absolute Gasteiger partial charge is 0.00933 e. The third-order valence-electron chi connectivity index (χ3n) is 3.34. The van der Waals surface area contributed by atoms with E-state index in [1.165, 1.54) is 38.6 Å². The molecule has 2 nitrogen and oxygen atoms in total. The summed E-state index contributed by atoms with van der Waals surface area (Å²) in [6, 6.07) is 0.914. The Morgan fingerprint density at radius 3 is 2.43 bits per heavy atom. The minimum atomic E-state index is 0.345. The molecule has 2 N–H and O–H groups in total. The first-order chi connectivity index (χ1) is 6.55. The molecule has 0 radical (unpaired) electrons. The fourth-order valence-corrected chi connectivity index (χ4v) is 1.76. The number of hydrogen-bond acceptors (Lipinski definition) is 2. The molecule has 14 heavy (non-hydrogen) atoms. The van der Waals surface area contributed by atoms with Crippen LogP contribution in [0.4, 0.5) is 0 Å². The summed E-state index contributed by atoms with van der Waals surface area (Å²) in [7, 11) is 2.26. The van der Waals surface area contributed by atoms with Crippen molar-refractivity contribution in [3.8, 4) is 0 Å². The van der Waals surface area contributed by atoms with Gasteiger partial charge in [-0.1, -0.05) is 20.3 Å². The molecule has 0 saturated heterocycles. The molecule has 0 heterocycles. The van der Waals surface area contributed by atoms with Crippen molar-refractivity contribution in [3.63, 3.8) is 0 Å². The SMILES string of the molecule is CN(CCCCC(C)(C)CN)C1CC1. The van der Waals surface area contributed by atoms with Crippen LogP contribution in [0.3, 0.4) is 0 Å². The Morgan fingerprint density at radius 2 is 1.93 bits per heavy atom. The van der Waals surface area contributed by atoms with Crippen LogP contribution < -0.4 is 5.73 Å². The zero-order chi connectivity index (χ0) is 10.6. The molecule has 1 aliphatic rings. The van der Waals surface area contributed by atoms with E-state index in [0.717, 1.165) is 12.6 Å². The molecule has 1 saturated carbocycles. The van der Waals surface area contributed by atoms with Crippen LogP contribution in [0.25, 0.3) is 0 Å². The van der Waals surface area contributed by atoms with E-state index in [1.807, 2.05) is 0 Å². The van der Waals surface area contributed by atoms with Gasteiger partial charge in [0.15, 0.2) is 0 Å². The Bertz CT molecular complexity index is 162. The molecule has 84 valence electrons. The minimum absolute atomic E-state index is 0.345. The normalized spacial score (nSPS) is 17.8. The summed E-state index contributed by atoms with van der Waals surface area (Å²) in [6.45, 7) is 6.60. The largest absolute Gasteiger partial charge is 0.330 e. The highest BCUT2D eigenvalue weighted by Gasteiger charge is 2.25. The van der Waals surface area contributed by atoms with Gasteiger partial charge in [-0.15, -0.1) is 0 Å². The van der Waals surface area contributed by atoms with Crippen LogP contribution >= 0.6 is 0 Å². The lowest BCUT2D eigenvalue weighted by Crippen LogP contribution is -2.25. The van der Waals surface area contributed by atoms with E-state index in [-0.39, 0.29) is 0 Å². The Hall–Kier alpha value is -0.0800. The van der Waals surface area contributed by atoms with Crippen molar-refractivity contribution < 1.29 is 0 Å². The monoisotopic (exact) mass is 198 g/mol. The van der Waals surface area contributed by atoms with Crippen LogP contribution in [-0.2, 0) is 0 Å². The molecule has 0 unspecified atom stereocenters. The van der Waals surface area contributed by atoms with Gasteiger partial charge in [-0.3, -0.25) is 0 Å². The highest BCUT2D eigenvalue weighted by atomic mass is 15.1. The van der Waals surface area contributed by atoms with E-state index < -0.39 is 0 Å². The van der Waals surface area contributed by atoms with Gasteiger partial charge in [0.05, 0.1) is 0 Å². The Morgan fingerprint density at radius 1 is 1.29 bits per heavy atom. The summed E-state index contributed by atoms with van der Waals surface area (Å²) in [5.74, 6) is 0. The molecule has 0 aliphatic heterocycles. The standard InChI is InChI=1S/C12H26N2/c1-12(2,10-13)8-4-5-9-14(3)11-6-7-11/h11H,4-10,13H2,1-3H3. The third kappa shape index (κ3) is 4.43. The van der Waals surface area contributed by atoms with Gasteiger partial charge in [-0.25, -0.2) is 0 Å². The van der Waals surface area contributed by atoms with Crippen molar-refractivity contribution in [2.24, 2.45) is 11.1 Å². The zero-order valence-corrected chi connectivity index (χ0v) is 10.1. The number of hydrogen-bond donors (Lipinski definition) is 1. The van der Waals surface area contributed by atoms with Gasteiger partial charge in [-0.2, -0.15) is 0 Å². The topological polar surface area (TPSA) is 29.3 Å². The van der Waals surface area contributed by atoms with Crippen LogP contribution in [0.1, 0.15) is 46.0 Å². The van der Waals surface area contributed by atoms with Gasteiger partial charge in [-0.05, 0) is 51.2 Å². The van der Waals surface area contributed by atoms with Gasteiger partial charge in [0, 0.05) is 6.04 Å². The highest BCUT2D eigenvalue weighted by Crippen LogP contribution is 2.26. The molecule has 0 spiro atoms. The third-order valence-corrected chi connectivity index (χ3v) is 3.34. The molecule has 2 heteroatoms. The van der Waals surface area contributed by atoms with Crippen LogP contribution in [0, 0.1) is 5.41 Å². The maximum absolute atomic E-state index is 5.70. The Labute approximate surface area is 88.8 Å². The number of nitrogens with zero attached hydrogens (tertiary/aromatic N) is 1. The number of unbranched alkanes of at least 4 members (excludes halogenated alkanes) is 1. The Kier molecular flexibility index (Phi) is 4.39. The molecular formula is C12H26N2. The van der Waals surface area contributed by atoms with Crippen molar-refractivity contribution >= 4 is 0 Å². The van der Waals surface area contributed by atoms with Gasteiger partial charge in [0.1, 0.15) is 0 Å². The lowest BCUT2D eigenvalue weighted by molar-refractivity contribution is 0.288. The second kappa shape index (κ2) is 5.13. The average molecular weight is 198 g/mol. The molecule has 0 amide bonds. The maximum Gasteiger partial charge on any atom is 0.00933 e. The van der Waals surface area contributed by atoms with Gasteiger partial charge >= 0.3 is 0 Å². The van der Waals surface area contributed by atoms with Crippen LogP contribution in [0.15, 0.2) is 0 Å². The Balaban J connectivity index is 1.98. The van der Waals surface area contributed by atoms with E-state index in [2.05, 4.69) is 25.8 Å². The number of rotatable bonds is 7. The zero-order valence-electron chi connectivity index (χ0n) is 10.1. The summed E-state index contributed by atoms with van der Waals surface area (Å²) >= 11 is 0. The quantitative estimate of drug-likeness (QED) is 0.636. The van der Waals surface area contributed by atoms with Gasteiger partial charge in [0.25, 0.3) is 0 Å². The molecule has 0 aromatic rings. The van der Waals surface area contributed by atoms with Crippen molar-refractivity contribution in [1.29, 1.82) is 0 Å². The second-order valence-corrected chi connectivity index (χ2v) is 5.54. The van der Waals surface area contributed by atoms with Gasteiger partial charge in [0.2, 0.25) is 0 Å². The first-order valence-corrected chi connectivity index (χ1v) is 5.95. The molecule has 0 aromatic carbocycles. The second-order valence-electron chi connectivity index (χ2n) is 5.54. The van der Waals surface area contributed by atoms with Crippen molar-refractivity contribution in [2.45, 2.75) is 52.0 Å². The fraction of sp³-hybridized carbons (Fsp3) is 1.00. The van der Waals surface area contributed by atoms with Crippen molar-refractivity contribution in [2.75, 3.05) is 20.1 Å². The van der Waals surface area contributed by atoms with E-state index >= 15 is 0 Å². The molecule has 1 aliphatic carbocycles. The fourth-order valence-electron chi connectivity index (χ4n) is 1.76. The van der Waals surface area contributed by atoms with Gasteiger partial charge < -0.3 is 10.6 Å². The number of nitrogens with two attached hydrogens (primary N) is 1. The minimum Gasteiger partial charge on any atom is -0.330 e. The van der Waals surface area contributed by atoms with E-state index in [4.69, 9.17) is 5.73 Å². The first-order valence-electron chi connectivity index (χ1n) is 5.95. The highest BCUT2D eigenvalue weighted by molar-refractivity contribution is 4.82. The molecule has 1 rings (SSSR count). The molecular weight excluding hydrogens is 172 g/mol. The summed E-state index contributed by atoms with van der Waals surface area (Å²) in [4.78, 5) is 2.51. The summed E-state index contributed by atoms with van der Waals surface area (Å²) in [6.07, 6.45) is 6.76. The molecule has 0 atom stereocenters. The van der Waals surface area contributed by atoms with Crippen LogP contribution in [0.2, 0.25) is 0 Å². The van der Waals surface area contributed by atoms with Crippen LogP contribution in [-0.4, -0.2) is 31.1 Å². The van der Waals surface area contributed by atoms with Crippen molar-refractivity contribution in [3.05, 3.63) is 0 Å². The van der Waals surface area contributed by atoms with E-state index in [0.29, 0.717) is 5.41 Å². The molecule has 0 aromatic heterocycles. The lowest BCUT2D eigenvalue weighted by atomic mass is 9.87. The first kappa shape index (κ1) is 12.0.